The third-order valence-electron chi connectivity index (χ3n) is 4.91. The number of nitrogens with zero attached hydrogens (tertiary/aromatic N) is 1. The maximum atomic E-state index is 12.5. The van der Waals surface area contributed by atoms with Crippen molar-refractivity contribution < 1.29 is 19.4 Å². The lowest BCUT2D eigenvalue weighted by atomic mass is 9.66. The van der Waals surface area contributed by atoms with Crippen molar-refractivity contribution in [3.05, 3.63) is 34.9 Å². The van der Waals surface area contributed by atoms with Gasteiger partial charge >= 0.3 is 5.97 Å². The molecule has 1 heterocycles. The maximum absolute atomic E-state index is 12.5. The van der Waals surface area contributed by atoms with Crippen LogP contribution in [0.1, 0.15) is 37.4 Å². The Balaban J connectivity index is 1.65. The quantitative estimate of drug-likeness (QED) is 0.917. The van der Waals surface area contributed by atoms with Crippen molar-refractivity contribution in [2.45, 2.75) is 31.8 Å². The Hall–Kier alpha value is -1.59. The van der Waals surface area contributed by atoms with E-state index in [1.165, 1.54) is 0 Å². The third kappa shape index (κ3) is 3.35. The molecule has 2 aliphatic rings. The van der Waals surface area contributed by atoms with Crippen LogP contribution in [-0.4, -0.2) is 41.6 Å². The summed E-state index contributed by atoms with van der Waals surface area (Å²) in [5.74, 6) is -0.936. The minimum atomic E-state index is -0.848. The van der Waals surface area contributed by atoms with Gasteiger partial charge in [-0.05, 0) is 30.5 Å². The molecule has 1 aromatic rings. The Morgan fingerprint density at radius 3 is 2.57 bits per heavy atom. The van der Waals surface area contributed by atoms with E-state index in [1.54, 1.807) is 17.0 Å². The average Bonchev–Trinajstić information content (AvgIpc) is 2.51. The molecule has 1 atom stereocenters. The van der Waals surface area contributed by atoms with Gasteiger partial charge < -0.3 is 14.7 Å². The Kier molecular flexibility index (Phi) is 4.60. The van der Waals surface area contributed by atoms with Crippen molar-refractivity contribution in [2.24, 2.45) is 5.41 Å². The van der Waals surface area contributed by atoms with Gasteiger partial charge in [-0.25, -0.2) is 0 Å². The van der Waals surface area contributed by atoms with E-state index in [2.05, 4.69) is 0 Å². The molecule has 0 spiro atoms. The van der Waals surface area contributed by atoms with Crippen molar-refractivity contribution >= 4 is 23.5 Å². The topological polar surface area (TPSA) is 66.8 Å². The van der Waals surface area contributed by atoms with Crippen molar-refractivity contribution in [3.63, 3.8) is 0 Å². The van der Waals surface area contributed by atoms with Crippen molar-refractivity contribution in [1.82, 2.24) is 4.90 Å². The first-order valence-corrected chi connectivity index (χ1v) is 8.26. The summed E-state index contributed by atoms with van der Waals surface area (Å²) < 4.78 is 5.75. The summed E-state index contributed by atoms with van der Waals surface area (Å²) >= 11 is 5.89. The molecule has 6 heteroatoms. The van der Waals surface area contributed by atoms with E-state index in [4.69, 9.17) is 16.3 Å². The normalized spacial score (nSPS) is 23.2. The van der Waals surface area contributed by atoms with Crippen LogP contribution in [0.4, 0.5) is 0 Å². The Bertz CT molecular complexity index is 597. The number of amides is 1. The first kappa shape index (κ1) is 16.3. The number of carboxylic acids is 1. The number of hydrogen-bond donors (Lipinski definition) is 1. The van der Waals surface area contributed by atoms with Gasteiger partial charge in [0.05, 0.1) is 18.6 Å². The second kappa shape index (κ2) is 6.49. The van der Waals surface area contributed by atoms with Crippen molar-refractivity contribution in [1.29, 1.82) is 0 Å². The fourth-order valence-corrected chi connectivity index (χ4v) is 3.35. The van der Waals surface area contributed by atoms with Crippen molar-refractivity contribution in [3.8, 4) is 0 Å². The van der Waals surface area contributed by atoms with Gasteiger partial charge in [-0.2, -0.15) is 0 Å². The fourth-order valence-electron chi connectivity index (χ4n) is 3.23. The average molecular weight is 338 g/mol. The highest BCUT2D eigenvalue weighted by Crippen LogP contribution is 2.44. The van der Waals surface area contributed by atoms with Gasteiger partial charge in [0.2, 0.25) is 5.91 Å². The van der Waals surface area contributed by atoms with Crippen LogP contribution in [0.2, 0.25) is 5.02 Å². The van der Waals surface area contributed by atoms with Gasteiger partial charge in [-0.1, -0.05) is 30.2 Å². The van der Waals surface area contributed by atoms with Crippen LogP contribution in [0.3, 0.4) is 0 Å². The summed E-state index contributed by atoms with van der Waals surface area (Å²) in [4.78, 5) is 25.7. The molecule has 1 saturated heterocycles. The third-order valence-corrected chi connectivity index (χ3v) is 5.17. The zero-order chi connectivity index (χ0) is 16.4. The number of aliphatic carboxylic acids is 1. The molecule has 0 bridgehead atoms. The van der Waals surface area contributed by atoms with E-state index in [9.17, 15) is 14.7 Å². The summed E-state index contributed by atoms with van der Waals surface area (Å²) in [6, 6.07) is 7.39. The number of carboxylic acid groups (broad SMARTS) is 1. The van der Waals surface area contributed by atoms with Crippen LogP contribution in [0.5, 0.6) is 0 Å². The highest BCUT2D eigenvalue weighted by Gasteiger charge is 2.46. The maximum Gasteiger partial charge on any atom is 0.310 e. The van der Waals surface area contributed by atoms with Gasteiger partial charge in [0, 0.05) is 18.0 Å². The molecule has 1 N–H and O–H groups in total. The molecule has 1 aliphatic carbocycles. The lowest BCUT2D eigenvalue weighted by molar-refractivity contribution is -0.161. The van der Waals surface area contributed by atoms with Crippen molar-refractivity contribution in [2.75, 3.05) is 19.7 Å². The number of carbonyl (C=O) groups excluding carboxylic acids is 1. The Labute approximate surface area is 140 Å². The molecule has 1 saturated carbocycles. The molecule has 1 aliphatic heterocycles. The van der Waals surface area contributed by atoms with Crippen LogP contribution in [-0.2, 0) is 14.3 Å². The minimum Gasteiger partial charge on any atom is -0.481 e. The SMILES string of the molecule is O=C(CC1(C(=O)O)CCC1)N1CCOC(c2ccc(Cl)cc2)C1. The number of halogens is 1. The van der Waals surface area contributed by atoms with E-state index in [-0.39, 0.29) is 18.4 Å². The van der Waals surface area contributed by atoms with Gasteiger partial charge in [0.15, 0.2) is 0 Å². The minimum absolute atomic E-state index is 0.0886. The first-order valence-electron chi connectivity index (χ1n) is 7.88. The van der Waals surface area contributed by atoms with Crippen LogP contribution >= 0.6 is 11.6 Å². The summed E-state index contributed by atoms with van der Waals surface area (Å²) in [5.41, 5.74) is 0.133. The number of carbonyl (C=O) groups is 2. The van der Waals surface area contributed by atoms with Crippen LogP contribution in [0, 0.1) is 5.41 Å². The van der Waals surface area contributed by atoms with E-state index < -0.39 is 11.4 Å². The number of morpholine rings is 1. The van der Waals surface area contributed by atoms with Gasteiger partial charge in [-0.3, -0.25) is 9.59 Å². The largest absolute Gasteiger partial charge is 0.481 e. The predicted molar refractivity (Wildman–Crippen MR) is 85.3 cm³/mol. The summed E-state index contributed by atoms with van der Waals surface area (Å²) in [6.07, 6.45) is 1.98. The summed E-state index contributed by atoms with van der Waals surface area (Å²) in [6.45, 7) is 1.42. The summed E-state index contributed by atoms with van der Waals surface area (Å²) in [7, 11) is 0. The molecule has 1 aromatic carbocycles. The lowest BCUT2D eigenvalue weighted by Gasteiger charge is -2.40. The molecule has 3 rings (SSSR count). The number of benzene rings is 1. The number of ether oxygens (including phenoxy) is 1. The predicted octanol–water partition coefficient (Wildman–Crippen LogP) is 2.88. The number of rotatable bonds is 4. The highest BCUT2D eigenvalue weighted by molar-refractivity contribution is 6.30. The Morgan fingerprint density at radius 2 is 2.00 bits per heavy atom. The van der Waals surface area contributed by atoms with Crippen LogP contribution in [0.15, 0.2) is 24.3 Å². The molecule has 2 fully saturated rings. The van der Waals surface area contributed by atoms with Crippen LogP contribution in [0.25, 0.3) is 0 Å². The Morgan fingerprint density at radius 1 is 1.30 bits per heavy atom. The second-order valence-electron chi connectivity index (χ2n) is 6.37. The van der Waals surface area contributed by atoms with E-state index in [0.717, 1.165) is 12.0 Å². The van der Waals surface area contributed by atoms with Gasteiger partial charge in [0.1, 0.15) is 6.10 Å². The highest BCUT2D eigenvalue weighted by atomic mass is 35.5. The number of hydrogen-bond acceptors (Lipinski definition) is 3. The zero-order valence-electron chi connectivity index (χ0n) is 12.8. The smallest absolute Gasteiger partial charge is 0.310 e. The lowest BCUT2D eigenvalue weighted by Crippen LogP contribution is -2.47. The fraction of sp³-hybridized carbons (Fsp3) is 0.529. The molecule has 23 heavy (non-hydrogen) atoms. The molecular weight excluding hydrogens is 318 g/mol. The molecule has 0 radical (unpaired) electrons. The van der Waals surface area contributed by atoms with E-state index in [1.807, 2.05) is 12.1 Å². The first-order chi connectivity index (χ1) is 11.0. The van der Waals surface area contributed by atoms with Crippen LogP contribution < -0.4 is 0 Å². The molecule has 1 amide bonds. The van der Waals surface area contributed by atoms with E-state index >= 15 is 0 Å². The molecule has 124 valence electrons. The summed E-state index contributed by atoms with van der Waals surface area (Å²) in [5, 5.41) is 10.0. The standard InChI is InChI=1S/C17H20ClNO4/c18-13-4-2-12(3-5-13)14-11-19(8-9-23-14)15(20)10-17(16(21)22)6-1-7-17/h2-5,14H,1,6-11H2,(H,21,22). The molecular formula is C17H20ClNO4. The molecule has 0 aromatic heterocycles. The zero-order valence-corrected chi connectivity index (χ0v) is 13.6. The van der Waals surface area contributed by atoms with E-state index in [0.29, 0.717) is 37.6 Å². The monoisotopic (exact) mass is 337 g/mol. The molecule has 1 unspecified atom stereocenters. The second-order valence-corrected chi connectivity index (χ2v) is 6.80. The van der Waals surface area contributed by atoms with Gasteiger partial charge in [-0.15, -0.1) is 0 Å². The molecule has 5 nitrogen and oxygen atoms in total. The van der Waals surface area contributed by atoms with Gasteiger partial charge in [0.25, 0.3) is 0 Å².